The second-order valence-electron chi connectivity index (χ2n) is 5.63. The van der Waals surface area contributed by atoms with E-state index in [0.717, 1.165) is 6.29 Å². The quantitative estimate of drug-likeness (QED) is 0.572. The summed E-state index contributed by atoms with van der Waals surface area (Å²) in [5.74, 6) is -0.288. The summed E-state index contributed by atoms with van der Waals surface area (Å²) in [4.78, 5) is 22.5. The number of aldehydes is 1. The van der Waals surface area contributed by atoms with Crippen LogP contribution in [0.4, 0.5) is 0 Å². The summed E-state index contributed by atoms with van der Waals surface area (Å²) < 4.78 is 5.30. The van der Waals surface area contributed by atoms with E-state index in [1.165, 1.54) is 0 Å². The molecular weight excluding hydrogens is 206 g/mol. The standard InChI is InChI=1S/C12H21NO3/c1-11(2,3)16-10(15)12(13)6-4-9(8-14)5-7-12/h8-9H,4-7,13H2,1-3H3. The van der Waals surface area contributed by atoms with Crippen LogP contribution >= 0.6 is 0 Å². The predicted molar refractivity (Wildman–Crippen MR) is 60.8 cm³/mol. The Bertz CT molecular complexity index is 272. The lowest BCUT2D eigenvalue weighted by Crippen LogP contribution is -2.53. The first-order valence-electron chi connectivity index (χ1n) is 5.74. The van der Waals surface area contributed by atoms with Crippen LogP contribution in [0.25, 0.3) is 0 Å². The average Bonchev–Trinajstić information content (AvgIpc) is 2.16. The van der Waals surface area contributed by atoms with Gasteiger partial charge >= 0.3 is 5.97 Å². The summed E-state index contributed by atoms with van der Waals surface area (Å²) in [7, 11) is 0. The Kier molecular flexibility index (Phi) is 3.73. The minimum atomic E-state index is -0.896. The van der Waals surface area contributed by atoms with Gasteiger partial charge in [0.15, 0.2) is 0 Å². The molecule has 0 spiro atoms. The molecule has 1 saturated carbocycles. The Morgan fingerprint density at radius 3 is 2.25 bits per heavy atom. The Hall–Kier alpha value is -0.900. The Balaban J connectivity index is 2.59. The zero-order valence-electron chi connectivity index (χ0n) is 10.3. The van der Waals surface area contributed by atoms with Crippen molar-refractivity contribution in [1.82, 2.24) is 0 Å². The predicted octanol–water partition coefficient (Wildman–Crippen LogP) is 1.41. The van der Waals surface area contributed by atoms with E-state index in [0.29, 0.717) is 25.7 Å². The van der Waals surface area contributed by atoms with Gasteiger partial charge in [0.25, 0.3) is 0 Å². The fourth-order valence-electron chi connectivity index (χ4n) is 1.88. The van der Waals surface area contributed by atoms with Crippen LogP contribution in [0, 0.1) is 5.92 Å². The van der Waals surface area contributed by atoms with Crippen LogP contribution in [0.1, 0.15) is 46.5 Å². The third-order valence-corrected chi connectivity index (χ3v) is 2.92. The Labute approximate surface area is 96.5 Å². The monoisotopic (exact) mass is 227 g/mol. The van der Waals surface area contributed by atoms with Gasteiger partial charge in [-0.15, -0.1) is 0 Å². The van der Waals surface area contributed by atoms with Gasteiger partial charge in [-0.05, 0) is 46.5 Å². The molecule has 0 saturated heterocycles. The molecule has 0 aromatic rings. The van der Waals surface area contributed by atoms with E-state index < -0.39 is 11.1 Å². The second-order valence-corrected chi connectivity index (χ2v) is 5.63. The molecule has 4 nitrogen and oxygen atoms in total. The molecule has 0 aromatic carbocycles. The first kappa shape index (κ1) is 13.2. The van der Waals surface area contributed by atoms with Crippen LogP contribution < -0.4 is 5.73 Å². The minimum absolute atomic E-state index is 0.0547. The maximum atomic E-state index is 11.9. The SMILES string of the molecule is CC(C)(C)OC(=O)C1(N)CCC(C=O)CC1. The molecule has 0 amide bonds. The summed E-state index contributed by atoms with van der Waals surface area (Å²) in [6, 6.07) is 0. The van der Waals surface area contributed by atoms with E-state index >= 15 is 0 Å². The third kappa shape index (κ3) is 3.30. The minimum Gasteiger partial charge on any atom is -0.459 e. The lowest BCUT2D eigenvalue weighted by Gasteiger charge is -2.35. The van der Waals surface area contributed by atoms with Crippen molar-refractivity contribution < 1.29 is 14.3 Å². The van der Waals surface area contributed by atoms with Gasteiger partial charge in [-0.3, -0.25) is 4.79 Å². The van der Waals surface area contributed by atoms with E-state index in [2.05, 4.69) is 0 Å². The zero-order chi connectivity index (χ0) is 12.4. The van der Waals surface area contributed by atoms with Gasteiger partial charge in [0.2, 0.25) is 0 Å². The van der Waals surface area contributed by atoms with E-state index in [-0.39, 0.29) is 11.9 Å². The summed E-state index contributed by atoms with van der Waals surface area (Å²) in [6.07, 6.45) is 3.38. The summed E-state index contributed by atoms with van der Waals surface area (Å²) >= 11 is 0. The zero-order valence-corrected chi connectivity index (χ0v) is 10.3. The third-order valence-electron chi connectivity index (χ3n) is 2.92. The molecule has 1 aliphatic rings. The molecule has 0 radical (unpaired) electrons. The largest absolute Gasteiger partial charge is 0.459 e. The highest BCUT2D eigenvalue weighted by Crippen LogP contribution is 2.31. The number of carbonyl (C=O) groups is 2. The highest BCUT2D eigenvalue weighted by molar-refractivity contribution is 5.81. The lowest BCUT2D eigenvalue weighted by molar-refractivity contribution is -0.163. The number of hydrogen-bond acceptors (Lipinski definition) is 4. The van der Waals surface area contributed by atoms with Gasteiger partial charge in [0, 0.05) is 5.92 Å². The van der Waals surface area contributed by atoms with E-state index in [4.69, 9.17) is 10.5 Å². The number of nitrogens with two attached hydrogens (primary N) is 1. The molecule has 0 atom stereocenters. The molecule has 1 rings (SSSR count). The van der Waals surface area contributed by atoms with Crippen LogP contribution in [-0.4, -0.2) is 23.4 Å². The summed E-state index contributed by atoms with van der Waals surface area (Å²) in [5.41, 5.74) is 4.63. The molecule has 0 aromatic heterocycles. The molecule has 1 fully saturated rings. The maximum absolute atomic E-state index is 11.9. The molecule has 0 aliphatic heterocycles. The van der Waals surface area contributed by atoms with E-state index in [1.807, 2.05) is 20.8 Å². The van der Waals surface area contributed by atoms with E-state index in [9.17, 15) is 9.59 Å². The van der Waals surface area contributed by atoms with Crippen molar-refractivity contribution in [3.05, 3.63) is 0 Å². The molecule has 0 heterocycles. The first-order chi connectivity index (χ1) is 7.27. The van der Waals surface area contributed by atoms with Crippen LogP contribution in [0.5, 0.6) is 0 Å². The number of hydrogen-bond donors (Lipinski definition) is 1. The topological polar surface area (TPSA) is 69.4 Å². The second kappa shape index (κ2) is 4.53. The van der Waals surface area contributed by atoms with Crippen LogP contribution in [0.2, 0.25) is 0 Å². The fourth-order valence-corrected chi connectivity index (χ4v) is 1.88. The van der Waals surface area contributed by atoms with Crippen molar-refractivity contribution in [3.8, 4) is 0 Å². The van der Waals surface area contributed by atoms with Crippen molar-refractivity contribution in [2.45, 2.75) is 57.6 Å². The maximum Gasteiger partial charge on any atom is 0.326 e. The Morgan fingerprint density at radius 1 is 1.38 bits per heavy atom. The number of carbonyl (C=O) groups excluding carboxylic acids is 2. The first-order valence-corrected chi connectivity index (χ1v) is 5.74. The molecular formula is C12H21NO3. The molecule has 0 bridgehead atoms. The molecule has 16 heavy (non-hydrogen) atoms. The van der Waals surface area contributed by atoms with Crippen molar-refractivity contribution in [2.24, 2.45) is 11.7 Å². The van der Waals surface area contributed by atoms with Gasteiger partial charge in [-0.1, -0.05) is 0 Å². The van der Waals surface area contributed by atoms with Crippen molar-refractivity contribution in [1.29, 1.82) is 0 Å². The van der Waals surface area contributed by atoms with E-state index in [1.54, 1.807) is 0 Å². The normalized spacial score (nSPS) is 30.9. The number of ether oxygens (including phenoxy) is 1. The van der Waals surface area contributed by atoms with Crippen molar-refractivity contribution in [2.75, 3.05) is 0 Å². The van der Waals surface area contributed by atoms with Crippen LogP contribution in [0.15, 0.2) is 0 Å². The molecule has 4 heteroatoms. The van der Waals surface area contributed by atoms with Crippen molar-refractivity contribution in [3.63, 3.8) is 0 Å². The van der Waals surface area contributed by atoms with Gasteiger partial charge < -0.3 is 15.3 Å². The number of esters is 1. The molecule has 2 N–H and O–H groups in total. The fraction of sp³-hybridized carbons (Fsp3) is 0.833. The molecule has 92 valence electrons. The highest BCUT2D eigenvalue weighted by Gasteiger charge is 2.41. The average molecular weight is 227 g/mol. The molecule has 0 unspecified atom stereocenters. The molecule has 1 aliphatic carbocycles. The summed E-state index contributed by atoms with van der Waals surface area (Å²) in [5, 5.41) is 0. The van der Waals surface area contributed by atoms with Gasteiger partial charge in [-0.25, -0.2) is 0 Å². The number of rotatable bonds is 2. The van der Waals surface area contributed by atoms with Crippen LogP contribution in [-0.2, 0) is 14.3 Å². The van der Waals surface area contributed by atoms with Gasteiger partial charge in [-0.2, -0.15) is 0 Å². The Morgan fingerprint density at radius 2 is 1.88 bits per heavy atom. The van der Waals surface area contributed by atoms with Gasteiger partial charge in [0.05, 0.1) is 0 Å². The van der Waals surface area contributed by atoms with Crippen LogP contribution in [0.3, 0.4) is 0 Å². The summed E-state index contributed by atoms with van der Waals surface area (Å²) in [6.45, 7) is 5.47. The lowest BCUT2D eigenvalue weighted by atomic mass is 9.77. The smallest absolute Gasteiger partial charge is 0.326 e. The van der Waals surface area contributed by atoms with Gasteiger partial charge in [0.1, 0.15) is 17.4 Å². The highest BCUT2D eigenvalue weighted by atomic mass is 16.6. The van der Waals surface area contributed by atoms with Crippen molar-refractivity contribution >= 4 is 12.3 Å².